The van der Waals surface area contributed by atoms with Gasteiger partial charge in [-0.2, -0.15) is 0 Å². The third kappa shape index (κ3) is 2.16. The Balaban J connectivity index is 2.90. The summed E-state index contributed by atoms with van der Waals surface area (Å²) in [6, 6.07) is 10.4. The molecule has 1 aromatic carbocycles. The SMILES string of the molecule is C[C@H](c1ccccc1)C(C)(C)[C@@H](C)O. The molecule has 0 unspecified atom stereocenters. The molecule has 0 spiro atoms. The monoisotopic (exact) mass is 192 g/mol. The lowest BCUT2D eigenvalue weighted by atomic mass is 9.73. The molecule has 0 aliphatic rings. The average molecular weight is 192 g/mol. The van der Waals surface area contributed by atoms with E-state index in [4.69, 9.17) is 0 Å². The highest BCUT2D eigenvalue weighted by atomic mass is 16.3. The third-order valence-corrected chi connectivity index (χ3v) is 3.49. The molecule has 0 saturated carbocycles. The number of hydrogen-bond donors (Lipinski definition) is 1. The summed E-state index contributed by atoms with van der Waals surface area (Å²) in [7, 11) is 0. The van der Waals surface area contributed by atoms with Crippen molar-refractivity contribution in [3.8, 4) is 0 Å². The molecule has 1 rings (SSSR count). The molecule has 0 aliphatic carbocycles. The van der Waals surface area contributed by atoms with Crippen LogP contribution in [0.3, 0.4) is 0 Å². The van der Waals surface area contributed by atoms with Crippen molar-refractivity contribution in [1.82, 2.24) is 0 Å². The number of rotatable bonds is 3. The molecule has 0 amide bonds. The van der Waals surface area contributed by atoms with E-state index in [2.05, 4.69) is 32.9 Å². The molecule has 14 heavy (non-hydrogen) atoms. The zero-order valence-corrected chi connectivity index (χ0v) is 9.49. The Bertz CT molecular complexity index is 275. The van der Waals surface area contributed by atoms with Gasteiger partial charge < -0.3 is 5.11 Å². The Kier molecular flexibility index (Phi) is 3.33. The van der Waals surface area contributed by atoms with E-state index >= 15 is 0 Å². The van der Waals surface area contributed by atoms with Crippen LogP contribution in [0.15, 0.2) is 30.3 Å². The Labute approximate surface area is 86.8 Å². The lowest BCUT2D eigenvalue weighted by Crippen LogP contribution is -2.31. The first-order valence-corrected chi connectivity index (χ1v) is 5.19. The Morgan fingerprint density at radius 2 is 1.57 bits per heavy atom. The zero-order chi connectivity index (χ0) is 10.8. The minimum Gasteiger partial charge on any atom is -0.393 e. The topological polar surface area (TPSA) is 20.2 Å². The summed E-state index contributed by atoms with van der Waals surface area (Å²) in [6.45, 7) is 8.24. The van der Waals surface area contributed by atoms with E-state index in [0.717, 1.165) is 0 Å². The fraction of sp³-hybridized carbons (Fsp3) is 0.538. The standard InChI is InChI=1S/C13H20O/c1-10(13(3,4)11(2)14)12-8-6-5-7-9-12/h5-11,14H,1-4H3/t10-,11-/m1/s1. The van der Waals surface area contributed by atoms with Crippen LogP contribution in [0.2, 0.25) is 0 Å². The molecular formula is C13H20O. The van der Waals surface area contributed by atoms with Crippen molar-refractivity contribution < 1.29 is 5.11 Å². The molecule has 2 atom stereocenters. The number of hydrogen-bond acceptors (Lipinski definition) is 1. The first-order chi connectivity index (χ1) is 6.46. The number of benzene rings is 1. The minimum absolute atomic E-state index is 0.0820. The van der Waals surface area contributed by atoms with E-state index in [1.165, 1.54) is 5.56 Å². The molecule has 0 bridgehead atoms. The van der Waals surface area contributed by atoms with Crippen molar-refractivity contribution in [1.29, 1.82) is 0 Å². The predicted octanol–water partition coefficient (Wildman–Crippen LogP) is 3.20. The van der Waals surface area contributed by atoms with Gasteiger partial charge in [-0.05, 0) is 23.8 Å². The van der Waals surface area contributed by atoms with Gasteiger partial charge >= 0.3 is 0 Å². The van der Waals surface area contributed by atoms with Gasteiger partial charge in [0.15, 0.2) is 0 Å². The molecular weight excluding hydrogens is 172 g/mol. The summed E-state index contributed by atoms with van der Waals surface area (Å²) in [5.74, 6) is 0.365. The second-order valence-corrected chi connectivity index (χ2v) is 4.63. The Morgan fingerprint density at radius 1 is 1.07 bits per heavy atom. The summed E-state index contributed by atoms with van der Waals surface area (Å²) < 4.78 is 0. The molecule has 1 heteroatoms. The van der Waals surface area contributed by atoms with Gasteiger partial charge in [-0.25, -0.2) is 0 Å². The van der Waals surface area contributed by atoms with Crippen LogP contribution in [0.5, 0.6) is 0 Å². The first kappa shape index (κ1) is 11.3. The minimum atomic E-state index is -0.294. The van der Waals surface area contributed by atoms with E-state index in [-0.39, 0.29) is 11.5 Å². The van der Waals surface area contributed by atoms with Crippen LogP contribution < -0.4 is 0 Å². The molecule has 0 aromatic heterocycles. The van der Waals surface area contributed by atoms with E-state index in [9.17, 15) is 5.11 Å². The third-order valence-electron chi connectivity index (χ3n) is 3.49. The quantitative estimate of drug-likeness (QED) is 0.779. The molecule has 1 N–H and O–H groups in total. The summed E-state index contributed by atoms with van der Waals surface area (Å²) in [6.07, 6.45) is -0.294. The van der Waals surface area contributed by atoms with Crippen molar-refractivity contribution in [2.24, 2.45) is 5.41 Å². The molecule has 1 aromatic rings. The molecule has 1 nitrogen and oxygen atoms in total. The van der Waals surface area contributed by atoms with Crippen LogP contribution in [-0.4, -0.2) is 11.2 Å². The van der Waals surface area contributed by atoms with Crippen LogP contribution in [0.1, 0.15) is 39.2 Å². The lowest BCUT2D eigenvalue weighted by Gasteiger charge is -2.35. The van der Waals surface area contributed by atoms with Crippen molar-refractivity contribution >= 4 is 0 Å². The summed E-state index contributed by atoms with van der Waals surface area (Å²) in [5.41, 5.74) is 1.21. The summed E-state index contributed by atoms with van der Waals surface area (Å²) in [5, 5.41) is 9.71. The molecule has 0 saturated heterocycles. The van der Waals surface area contributed by atoms with Crippen LogP contribution in [0.25, 0.3) is 0 Å². The lowest BCUT2D eigenvalue weighted by molar-refractivity contribution is 0.0490. The second kappa shape index (κ2) is 4.14. The molecule has 0 fully saturated rings. The second-order valence-electron chi connectivity index (χ2n) is 4.63. The van der Waals surface area contributed by atoms with Crippen LogP contribution >= 0.6 is 0 Å². The molecule has 0 aliphatic heterocycles. The highest BCUT2D eigenvalue weighted by Gasteiger charge is 2.31. The maximum Gasteiger partial charge on any atom is 0.0568 e. The average Bonchev–Trinajstić information content (AvgIpc) is 2.17. The Morgan fingerprint density at radius 3 is 2.00 bits per heavy atom. The number of aliphatic hydroxyl groups excluding tert-OH is 1. The van der Waals surface area contributed by atoms with Crippen LogP contribution in [0, 0.1) is 5.41 Å². The fourth-order valence-electron chi connectivity index (χ4n) is 1.53. The van der Waals surface area contributed by atoms with Gasteiger partial charge in [-0.3, -0.25) is 0 Å². The van der Waals surface area contributed by atoms with Crippen molar-refractivity contribution in [3.63, 3.8) is 0 Å². The van der Waals surface area contributed by atoms with Crippen molar-refractivity contribution in [2.75, 3.05) is 0 Å². The maximum absolute atomic E-state index is 9.71. The van der Waals surface area contributed by atoms with Gasteiger partial charge in [0.05, 0.1) is 6.10 Å². The normalized spacial score (nSPS) is 16.4. The molecule has 0 heterocycles. The highest BCUT2D eigenvalue weighted by molar-refractivity contribution is 5.21. The zero-order valence-electron chi connectivity index (χ0n) is 9.49. The van der Waals surface area contributed by atoms with Gasteiger partial charge in [0, 0.05) is 0 Å². The van der Waals surface area contributed by atoms with E-state index in [1.54, 1.807) is 0 Å². The van der Waals surface area contributed by atoms with Gasteiger partial charge in [-0.15, -0.1) is 0 Å². The smallest absolute Gasteiger partial charge is 0.0568 e. The van der Waals surface area contributed by atoms with E-state index < -0.39 is 0 Å². The fourth-order valence-corrected chi connectivity index (χ4v) is 1.53. The van der Waals surface area contributed by atoms with E-state index in [0.29, 0.717) is 5.92 Å². The van der Waals surface area contributed by atoms with Crippen molar-refractivity contribution in [3.05, 3.63) is 35.9 Å². The summed E-state index contributed by atoms with van der Waals surface area (Å²) >= 11 is 0. The van der Waals surface area contributed by atoms with Crippen LogP contribution in [0.4, 0.5) is 0 Å². The van der Waals surface area contributed by atoms with Gasteiger partial charge in [0.2, 0.25) is 0 Å². The largest absolute Gasteiger partial charge is 0.393 e. The highest BCUT2D eigenvalue weighted by Crippen LogP contribution is 2.37. The van der Waals surface area contributed by atoms with E-state index in [1.807, 2.05) is 25.1 Å². The van der Waals surface area contributed by atoms with Crippen LogP contribution in [-0.2, 0) is 0 Å². The molecule has 0 radical (unpaired) electrons. The van der Waals surface area contributed by atoms with Gasteiger partial charge in [-0.1, -0.05) is 51.1 Å². The Hall–Kier alpha value is -0.820. The van der Waals surface area contributed by atoms with Gasteiger partial charge in [0.25, 0.3) is 0 Å². The first-order valence-electron chi connectivity index (χ1n) is 5.19. The predicted molar refractivity (Wildman–Crippen MR) is 60.3 cm³/mol. The molecule has 78 valence electrons. The number of aliphatic hydroxyl groups is 1. The summed E-state index contributed by atoms with van der Waals surface area (Å²) in [4.78, 5) is 0. The van der Waals surface area contributed by atoms with Crippen molar-refractivity contribution in [2.45, 2.75) is 39.7 Å². The maximum atomic E-state index is 9.71. The van der Waals surface area contributed by atoms with Gasteiger partial charge in [0.1, 0.15) is 0 Å².